The van der Waals surface area contributed by atoms with Gasteiger partial charge >= 0.3 is 0 Å². The maximum Gasteiger partial charge on any atom is 0.231 e. The summed E-state index contributed by atoms with van der Waals surface area (Å²) in [6, 6.07) is 11.8. The highest BCUT2D eigenvalue weighted by atomic mass is 16.7. The maximum atomic E-state index is 5.80. The number of anilines is 1. The lowest BCUT2D eigenvalue weighted by atomic mass is 10.2. The Morgan fingerprint density at radius 3 is 2.59 bits per heavy atom. The van der Waals surface area contributed by atoms with Crippen LogP contribution in [-0.2, 0) is 0 Å². The summed E-state index contributed by atoms with van der Waals surface area (Å²) in [5.74, 6) is 4.55. The molecule has 4 rings (SSSR count). The molecule has 0 spiro atoms. The molecule has 2 heterocycles. The molecule has 1 unspecified atom stereocenters. The van der Waals surface area contributed by atoms with Crippen LogP contribution in [0.25, 0.3) is 0 Å². The van der Waals surface area contributed by atoms with Crippen LogP contribution in [0.1, 0.15) is 6.42 Å². The smallest absolute Gasteiger partial charge is 0.231 e. The first-order valence-electron chi connectivity index (χ1n) is 10.7. The van der Waals surface area contributed by atoms with E-state index in [0.29, 0.717) is 18.9 Å². The van der Waals surface area contributed by atoms with Crippen LogP contribution in [0.4, 0.5) is 5.69 Å². The summed E-state index contributed by atoms with van der Waals surface area (Å²) in [5.41, 5.74) is 1.09. The minimum atomic E-state index is 0.256. The van der Waals surface area contributed by atoms with E-state index in [4.69, 9.17) is 23.7 Å². The van der Waals surface area contributed by atoms with Gasteiger partial charge in [-0.25, -0.2) is 0 Å². The molecule has 1 saturated heterocycles. The van der Waals surface area contributed by atoms with Crippen LogP contribution in [0.15, 0.2) is 41.4 Å². The molecule has 2 aliphatic rings. The normalized spacial score (nSPS) is 17.3. The van der Waals surface area contributed by atoms with Crippen LogP contribution in [-0.4, -0.2) is 66.3 Å². The number of benzene rings is 2. The Hall–Kier alpha value is -3.49. The topological polar surface area (TPSA) is 85.8 Å². The van der Waals surface area contributed by atoms with Crippen molar-refractivity contribution in [1.82, 2.24) is 10.6 Å². The fourth-order valence-electron chi connectivity index (χ4n) is 3.78. The third-order valence-electron chi connectivity index (χ3n) is 5.46. The second kappa shape index (κ2) is 10.2. The predicted octanol–water partition coefficient (Wildman–Crippen LogP) is 2.26. The van der Waals surface area contributed by atoms with E-state index in [1.165, 1.54) is 0 Å². The van der Waals surface area contributed by atoms with E-state index in [1.54, 1.807) is 21.3 Å². The minimum Gasteiger partial charge on any atom is -0.497 e. The molecule has 0 aromatic heterocycles. The van der Waals surface area contributed by atoms with Gasteiger partial charge in [-0.1, -0.05) is 0 Å². The number of rotatable bonds is 8. The fourth-order valence-corrected chi connectivity index (χ4v) is 3.78. The third-order valence-corrected chi connectivity index (χ3v) is 5.46. The van der Waals surface area contributed by atoms with E-state index in [9.17, 15) is 0 Å². The van der Waals surface area contributed by atoms with Gasteiger partial charge in [-0.2, -0.15) is 0 Å². The van der Waals surface area contributed by atoms with Crippen molar-refractivity contribution < 1.29 is 23.7 Å². The zero-order chi connectivity index (χ0) is 22.3. The average molecular weight is 443 g/mol. The molecule has 2 aliphatic heterocycles. The number of hydrogen-bond donors (Lipinski definition) is 2. The van der Waals surface area contributed by atoms with Crippen molar-refractivity contribution in [2.24, 2.45) is 4.99 Å². The van der Waals surface area contributed by atoms with Gasteiger partial charge in [0.25, 0.3) is 0 Å². The van der Waals surface area contributed by atoms with Crippen molar-refractivity contribution in [3.8, 4) is 28.7 Å². The van der Waals surface area contributed by atoms with Gasteiger partial charge in [0.1, 0.15) is 23.9 Å². The lowest BCUT2D eigenvalue weighted by Crippen LogP contribution is -2.45. The highest BCUT2D eigenvalue weighted by molar-refractivity contribution is 5.80. The average Bonchev–Trinajstić information content (AvgIpc) is 3.49. The Morgan fingerprint density at radius 2 is 1.84 bits per heavy atom. The number of methoxy groups -OCH3 is 2. The number of hydrogen-bond acceptors (Lipinski definition) is 7. The Labute approximate surface area is 188 Å². The molecule has 0 aliphatic carbocycles. The molecule has 0 amide bonds. The first-order chi connectivity index (χ1) is 15.7. The molecule has 32 heavy (non-hydrogen) atoms. The van der Waals surface area contributed by atoms with Crippen molar-refractivity contribution >= 4 is 11.6 Å². The lowest BCUT2D eigenvalue weighted by Gasteiger charge is -2.21. The Kier molecular flexibility index (Phi) is 6.94. The van der Waals surface area contributed by atoms with E-state index >= 15 is 0 Å². The SMILES string of the molecule is CN=C(NCCOc1ccc2c(c1)OCO2)NC1CCN(c2cc(OC)cc(OC)c2)C1. The number of nitrogens with one attached hydrogen (secondary N) is 2. The second-order valence-corrected chi connectivity index (χ2v) is 7.51. The largest absolute Gasteiger partial charge is 0.497 e. The minimum absolute atomic E-state index is 0.256. The molecule has 2 N–H and O–H groups in total. The molecule has 172 valence electrons. The van der Waals surface area contributed by atoms with Gasteiger partial charge in [0.05, 0.1) is 20.8 Å². The van der Waals surface area contributed by atoms with Crippen LogP contribution in [0.3, 0.4) is 0 Å². The van der Waals surface area contributed by atoms with E-state index < -0.39 is 0 Å². The van der Waals surface area contributed by atoms with Gasteiger partial charge in [0.2, 0.25) is 6.79 Å². The Balaban J connectivity index is 1.23. The molecule has 0 saturated carbocycles. The standard InChI is InChI=1S/C23H30N4O5/c1-24-23(25-7-9-30-18-4-5-21-22(13-18)32-15-31-21)26-16-6-8-27(14-16)17-10-19(28-2)12-20(11-17)29-3/h4-5,10-13,16H,6-9,14-15H2,1-3H3,(H2,24,25,26). The summed E-state index contributed by atoms with van der Waals surface area (Å²) in [4.78, 5) is 6.66. The maximum absolute atomic E-state index is 5.80. The highest BCUT2D eigenvalue weighted by Crippen LogP contribution is 2.35. The van der Waals surface area contributed by atoms with E-state index in [-0.39, 0.29) is 12.8 Å². The van der Waals surface area contributed by atoms with E-state index in [0.717, 1.165) is 54.2 Å². The Morgan fingerprint density at radius 1 is 1.06 bits per heavy atom. The quantitative estimate of drug-likeness (QED) is 0.366. The summed E-state index contributed by atoms with van der Waals surface area (Å²) in [6.07, 6.45) is 1.01. The van der Waals surface area contributed by atoms with Crippen molar-refractivity contribution in [2.75, 3.05) is 59.2 Å². The number of fused-ring (bicyclic) bond motifs is 1. The molecule has 0 radical (unpaired) electrons. The van der Waals surface area contributed by atoms with Crippen molar-refractivity contribution in [2.45, 2.75) is 12.5 Å². The van der Waals surface area contributed by atoms with Crippen LogP contribution < -0.4 is 39.2 Å². The van der Waals surface area contributed by atoms with Crippen LogP contribution in [0, 0.1) is 0 Å². The van der Waals surface area contributed by atoms with Crippen molar-refractivity contribution in [3.05, 3.63) is 36.4 Å². The lowest BCUT2D eigenvalue weighted by molar-refractivity contribution is 0.173. The summed E-state index contributed by atoms with van der Waals surface area (Å²) in [5, 5.41) is 6.81. The second-order valence-electron chi connectivity index (χ2n) is 7.51. The Bertz CT molecular complexity index is 930. The predicted molar refractivity (Wildman–Crippen MR) is 123 cm³/mol. The van der Waals surface area contributed by atoms with Gasteiger partial charge in [-0.3, -0.25) is 4.99 Å². The van der Waals surface area contributed by atoms with Crippen LogP contribution in [0.2, 0.25) is 0 Å². The zero-order valence-corrected chi connectivity index (χ0v) is 18.7. The molecule has 1 fully saturated rings. The molecule has 2 aromatic carbocycles. The van der Waals surface area contributed by atoms with E-state index in [2.05, 4.69) is 20.5 Å². The summed E-state index contributed by atoms with van der Waals surface area (Å²) in [6.45, 7) is 3.19. The van der Waals surface area contributed by atoms with Gasteiger partial charge in [-0.15, -0.1) is 0 Å². The highest BCUT2D eigenvalue weighted by Gasteiger charge is 2.24. The number of guanidine groups is 1. The zero-order valence-electron chi connectivity index (χ0n) is 18.7. The molecule has 1 atom stereocenters. The summed E-state index contributed by atoms with van der Waals surface area (Å²) in [7, 11) is 5.10. The van der Waals surface area contributed by atoms with Gasteiger partial charge in [0, 0.05) is 56.1 Å². The van der Waals surface area contributed by atoms with Gasteiger partial charge in [0.15, 0.2) is 17.5 Å². The van der Waals surface area contributed by atoms with Gasteiger partial charge in [-0.05, 0) is 18.6 Å². The number of ether oxygens (including phenoxy) is 5. The molecule has 0 bridgehead atoms. The van der Waals surface area contributed by atoms with Crippen LogP contribution in [0.5, 0.6) is 28.7 Å². The van der Waals surface area contributed by atoms with Gasteiger partial charge < -0.3 is 39.2 Å². The molecule has 9 heteroatoms. The summed E-state index contributed by atoms with van der Waals surface area (Å²) < 4.78 is 27.3. The van der Waals surface area contributed by atoms with Crippen molar-refractivity contribution in [1.29, 1.82) is 0 Å². The molecule has 9 nitrogen and oxygen atoms in total. The molecule has 2 aromatic rings. The third kappa shape index (κ3) is 5.22. The number of nitrogens with zero attached hydrogens (tertiary/aromatic N) is 2. The van der Waals surface area contributed by atoms with E-state index in [1.807, 2.05) is 36.4 Å². The monoisotopic (exact) mass is 442 g/mol. The summed E-state index contributed by atoms with van der Waals surface area (Å²) >= 11 is 0. The molecular weight excluding hydrogens is 412 g/mol. The fraction of sp³-hybridized carbons (Fsp3) is 0.435. The van der Waals surface area contributed by atoms with Crippen molar-refractivity contribution in [3.63, 3.8) is 0 Å². The first-order valence-corrected chi connectivity index (χ1v) is 10.7. The first kappa shape index (κ1) is 21.7. The number of aliphatic imine (C=N–C) groups is 1. The van der Waals surface area contributed by atoms with Crippen LogP contribution >= 0.6 is 0 Å². The molecular formula is C23H30N4O5.